The smallest absolute Gasteiger partial charge is 0.343 e. The predicted octanol–water partition coefficient (Wildman–Crippen LogP) is 3.25. The molecule has 0 unspecified atom stereocenters. The van der Waals surface area contributed by atoms with Crippen molar-refractivity contribution < 1.29 is 22.7 Å². The summed E-state index contributed by atoms with van der Waals surface area (Å²) in [4.78, 5) is 12.4. The number of nitrogens with zero attached hydrogens (tertiary/aromatic N) is 1. The molecule has 0 atom stereocenters. The molecule has 0 saturated heterocycles. The summed E-state index contributed by atoms with van der Waals surface area (Å²) in [7, 11) is -2.39. The molecule has 7 heteroatoms. The average molecular weight is 377 g/mol. The minimum absolute atomic E-state index is 0.0533. The van der Waals surface area contributed by atoms with Crippen LogP contribution in [-0.2, 0) is 10.0 Å². The number of esters is 1. The second-order valence-electron chi connectivity index (χ2n) is 5.66. The fourth-order valence-corrected chi connectivity index (χ4v) is 4.19. The zero-order valence-corrected chi connectivity index (χ0v) is 16.2. The Morgan fingerprint density at radius 3 is 2.35 bits per heavy atom. The molecule has 2 aromatic carbocycles. The van der Waals surface area contributed by atoms with E-state index in [1.165, 1.54) is 29.6 Å². The van der Waals surface area contributed by atoms with E-state index in [4.69, 9.17) is 9.47 Å². The third-order valence-electron chi connectivity index (χ3n) is 3.92. The first-order valence-corrected chi connectivity index (χ1v) is 9.74. The number of carbonyl (C=O) groups excluding carboxylic acids is 1. The Labute approximate surface area is 154 Å². The van der Waals surface area contributed by atoms with Crippen LogP contribution in [0.25, 0.3) is 0 Å². The Morgan fingerprint density at radius 2 is 1.77 bits per heavy atom. The van der Waals surface area contributed by atoms with Gasteiger partial charge in [-0.05, 0) is 42.8 Å². The molecule has 2 rings (SSSR count). The molecule has 0 fully saturated rings. The summed E-state index contributed by atoms with van der Waals surface area (Å²) in [6.45, 7) is 6.03. The van der Waals surface area contributed by atoms with Crippen LogP contribution in [0.5, 0.6) is 11.5 Å². The van der Waals surface area contributed by atoms with Gasteiger partial charge < -0.3 is 9.47 Å². The van der Waals surface area contributed by atoms with Gasteiger partial charge in [0.05, 0.1) is 12.7 Å². The Hall–Kier alpha value is -2.38. The van der Waals surface area contributed by atoms with Gasteiger partial charge in [0.25, 0.3) is 0 Å². The minimum Gasteiger partial charge on any atom is -0.495 e. The SMILES string of the molecule is CCN(CC)S(=O)(=O)c1cc(C(=O)Oc2cccc(C)c2)ccc1OC. The number of hydrogen-bond acceptors (Lipinski definition) is 5. The van der Waals surface area contributed by atoms with Crippen molar-refractivity contribution in [2.45, 2.75) is 25.7 Å². The van der Waals surface area contributed by atoms with E-state index < -0.39 is 16.0 Å². The van der Waals surface area contributed by atoms with Crippen molar-refractivity contribution in [1.82, 2.24) is 4.31 Å². The van der Waals surface area contributed by atoms with Gasteiger partial charge in [-0.1, -0.05) is 26.0 Å². The molecule has 0 heterocycles. The van der Waals surface area contributed by atoms with Crippen molar-refractivity contribution in [3.8, 4) is 11.5 Å². The highest BCUT2D eigenvalue weighted by Gasteiger charge is 2.27. The topological polar surface area (TPSA) is 72.9 Å². The van der Waals surface area contributed by atoms with E-state index in [1.807, 2.05) is 13.0 Å². The number of methoxy groups -OCH3 is 1. The number of ether oxygens (including phenoxy) is 2. The van der Waals surface area contributed by atoms with E-state index in [1.54, 1.807) is 32.0 Å². The van der Waals surface area contributed by atoms with Gasteiger partial charge in [-0.25, -0.2) is 13.2 Å². The summed E-state index contributed by atoms with van der Waals surface area (Å²) in [6, 6.07) is 11.3. The van der Waals surface area contributed by atoms with Crippen molar-refractivity contribution in [3.05, 3.63) is 53.6 Å². The van der Waals surface area contributed by atoms with Crippen molar-refractivity contribution in [2.24, 2.45) is 0 Å². The first-order chi connectivity index (χ1) is 12.3. The number of aryl methyl sites for hydroxylation is 1. The molecule has 0 aliphatic rings. The molecule has 0 aliphatic carbocycles. The van der Waals surface area contributed by atoms with E-state index in [9.17, 15) is 13.2 Å². The summed E-state index contributed by atoms with van der Waals surface area (Å²) in [6.07, 6.45) is 0. The Morgan fingerprint density at radius 1 is 1.08 bits per heavy atom. The number of sulfonamides is 1. The van der Waals surface area contributed by atoms with E-state index in [-0.39, 0.29) is 16.2 Å². The molecular formula is C19H23NO5S. The summed E-state index contributed by atoms with van der Waals surface area (Å²) < 4.78 is 37.5. The summed E-state index contributed by atoms with van der Waals surface area (Å²) in [5.74, 6) is -0.0442. The molecule has 0 saturated carbocycles. The van der Waals surface area contributed by atoms with Crippen LogP contribution in [0.2, 0.25) is 0 Å². The van der Waals surface area contributed by atoms with Crippen molar-refractivity contribution >= 4 is 16.0 Å². The summed E-state index contributed by atoms with van der Waals surface area (Å²) in [5, 5.41) is 0. The summed E-state index contributed by atoms with van der Waals surface area (Å²) >= 11 is 0. The van der Waals surface area contributed by atoms with Crippen LogP contribution >= 0.6 is 0 Å². The van der Waals surface area contributed by atoms with Crippen LogP contribution in [-0.4, -0.2) is 38.9 Å². The third-order valence-corrected chi connectivity index (χ3v) is 5.99. The fourth-order valence-electron chi connectivity index (χ4n) is 2.55. The maximum atomic E-state index is 12.8. The molecule has 0 amide bonds. The molecule has 26 heavy (non-hydrogen) atoms. The van der Waals surface area contributed by atoms with Gasteiger partial charge in [-0.3, -0.25) is 0 Å². The Bertz CT molecular complexity index is 889. The molecule has 140 valence electrons. The first-order valence-electron chi connectivity index (χ1n) is 8.30. The second-order valence-corrected chi connectivity index (χ2v) is 7.57. The van der Waals surface area contributed by atoms with Gasteiger partial charge in [0, 0.05) is 13.1 Å². The van der Waals surface area contributed by atoms with E-state index in [0.29, 0.717) is 18.8 Å². The highest BCUT2D eigenvalue weighted by atomic mass is 32.2. The lowest BCUT2D eigenvalue weighted by Gasteiger charge is -2.20. The highest BCUT2D eigenvalue weighted by molar-refractivity contribution is 7.89. The van der Waals surface area contributed by atoms with Gasteiger partial charge in [-0.2, -0.15) is 4.31 Å². The molecule has 0 bridgehead atoms. The third kappa shape index (κ3) is 4.23. The highest BCUT2D eigenvalue weighted by Crippen LogP contribution is 2.28. The van der Waals surface area contributed by atoms with Gasteiger partial charge >= 0.3 is 5.97 Å². The maximum Gasteiger partial charge on any atom is 0.343 e. The minimum atomic E-state index is -3.78. The summed E-state index contributed by atoms with van der Waals surface area (Å²) in [5.41, 5.74) is 1.09. The standard InChI is InChI=1S/C19H23NO5S/c1-5-20(6-2)26(22,23)18-13-15(10-11-17(18)24-4)19(21)25-16-9-7-8-14(3)12-16/h7-13H,5-6H2,1-4H3. The van der Waals surface area contributed by atoms with Crippen LogP contribution in [0, 0.1) is 6.92 Å². The lowest BCUT2D eigenvalue weighted by Crippen LogP contribution is -2.31. The maximum absolute atomic E-state index is 12.8. The molecule has 0 spiro atoms. The molecule has 0 N–H and O–H groups in total. The second kappa shape index (κ2) is 8.33. The van der Waals surface area contributed by atoms with Crippen molar-refractivity contribution in [1.29, 1.82) is 0 Å². The van der Waals surface area contributed by atoms with Crippen LogP contribution in [0.15, 0.2) is 47.4 Å². The van der Waals surface area contributed by atoms with Gasteiger partial charge in [0.15, 0.2) is 0 Å². The van der Waals surface area contributed by atoms with Gasteiger partial charge in [-0.15, -0.1) is 0 Å². The first kappa shape index (κ1) is 19.9. The van der Waals surface area contributed by atoms with E-state index in [0.717, 1.165) is 5.56 Å². The lowest BCUT2D eigenvalue weighted by atomic mass is 10.2. The zero-order chi connectivity index (χ0) is 19.3. The van der Waals surface area contributed by atoms with Crippen LogP contribution in [0.1, 0.15) is 29.8 Å². The van der Waals surface area contributed by atoms with Gasteiger partial charge in [0.2, 0.25) is 10.0 Å². The van der Waals surface area contributed by atoms with E-state index >= 15 is 0 Å². The van der Waals surface area contributed by atoms with Crippen molar-refractivity contribution in [2.75, 3.05) is 20.2 Å². The van der Waals surface area contributed by atoms with Crippen LogP contribution in [0.3, 0.4) is 0 Å². The van der Waals surface area contributed by atoms with Crippen LogP contribution < -0.4 is 9.47 Å². The normalized spacial score (nSPS) is 11.4. The fraction of sp³-hybridized carbons (Fsp3) is 0.316. The Balaban J connectivity index is 2.41. The average Bonchev–Trinajstić information content (AvgIpc) is 2.62. The molecule has 0 aliphatic heterocycles. The molecular weight excluding hydrogens is 354 g/mol. The number of carbonyl (C=O) groups is 1. The molecule has 6 nitrogen and oxygen atoms in total. The number of benzene rings is 2. The zero-order valence-electron chi connectivity index (χ0n) is 15.4. The molecule has 0 radical (unpaired) electrons. The molecule has 2 aromatic rings. The number of rotatable bonds is 7. The lowest BCUT2D eigenvalue weighted by molar-refractivity contribution is 0.0734. The van der Waals surface area contributed by atoms with Gasteiger partial charge in [0.1, 0.15) is 16.4 Å². The molecule has 0 aromatic heterocycles. The predicted molar refractivity (Wildman–Crippen MR) is 99.2 cm³/mol. The van der Waals surface area contributed by atoms with Crippen LogP contribution in [0.4, 0.5) is 0 Å². The quantitative estimate of drug-likeness (QED) is 0.547. The largest absolute Gasteiger partial charge is 0.495 e. The van der Waals surface area contributed by atoms with E-state index in [2.05, 4.69) is 0 Å². The van der Waals surface area contributed by atoms with Crippen molar-refractivity contribution in [3.63, 3.8) is 0 Å². The number of hydrogen-bond donors (Lipinski definition) is 0. The Kier molecular flexibility index (Phi) is 6.39. The monoisotopic (exact) mass is 377 g/mol.